The molecule has 2 N–H and O–H groups in total. The van der Waals surface area contributed by atoms with Gasteiger partial charge in [0.1, 0.15) is 5.52 Å². The third kappa shape index (κ3) is 3.48. The number of anilines is 1. The van der Waals surface area contributed by atoms with E-state index in [-0.39, 0.29) is 6.03 Å². The van der Waals surface area contributed by atoms with Gasteiger partial charge < -0.3 is 10.6 Å². The van der Waals surface area contributed by atoms with Crippen molar-refractivity contribution in [3.8, 4) is 0 Å². The van der Waals surface area contributed by atoms with E-state index in [0.717, 1.165) is 28.2 Å². The maximum Gasteiger partial charge on any atom is 0.319 e. The molecule has 0 saturated carbocycles. The normalized spacial score (nSPS) is 10.9. The average molecular weight is 330 g/mol. The fourth-order valence-electron chi connectivity index (χ4n) is 2.22. The molecule has 0 aliphatic rings. The molecular formula is C15H18N6OS. The number of rotatable bonds is 4. The molecule has 120 valence electrons. The summed E-state index contributed by atoms with van der Waals surface area (Å²) in [5.41, 5.74) is 3.42. The Kier molecular flexibility index (Phi) is 4.24. The molecule has 0 radical (unpaired) electrons. The van der Waals surface area contributed by atoms with E-state index in [2.05, 4.69) is 32.9 Å². The van der Waals surface area contributed by atoms with Crippen LogP contribution < -0.4 is 10.6 Å². The molecule has 2 aromatic heterocycles. The van der Waals surface area contributed by atoms with Gasteiger partial charge in [-0.2, -0.15) is 0 Å². The van der Waals surface area contributed by atoms with Crippen molar-refractivity contribution in [2.75, 3.05) is 11.9 Å². The summed E-state index contributed by atoms with van der Waals surface area (Å²) in [7, 11) is 1.83. The van der Waals surface area contributed by atoms with Crippen molar-refractivity contribution in [3.05, 3.63) is 33.8 Å². The minimum atomic E-state index is -0.238. The Hall–Kier alpha value is -2.48. The third-order valence-electron chi connectivity index (χ3n) is 3.57. The summed E-state index contributed by atoms with van der Waals surface area (Å²) in [6.45, 7) is 4.60. The van der Waals surface area contributed by atoms with Crippen LogP contribution >= 0.6 is 11.3 Å². The van der Waals surface area contributed by atoms with Crippen LogP contribution in [0.3, 0.4) is 0 Å². The Morgan fingerprint density at radius 3 is 2.91 bits per heavy atom. The van der Waals surface area contributed by atoms with Gasteiger partial charge in [0.25, 0.3) is 0 Å². The van der Waals surface area contributed by atoms with Crippen LogP contribution in [-0.4, -0.2) is 32.6 Å². The van der Waals surface area contributed by atoms with Gasteiger partial charge in [-0.1, -0.05) is 5.21 Å². The highest BCUT2D eigenvalue weighted by molar-refractivity contribution is 7.11. The fraction of sp³-hybridized carbons (Fsp3) is 0.333. The SMILES string of the molecule is Cc1nc(CCNC(=O)Nc2ccc3c(c2)nnn3C)sc1C. The first-order valence-corrected chi connectivity index (χ1v) is 8.12. The number of fused-ring (bicyclic) bond motifs is 1. The third-order valence-corrected chi connectivity index (χ3v) is 4.70. The monoisotopic (exact) mass is 330 g/mol. The van der Waals surface area contributed by atoms with Gasteiger partial charge in [0.15, 0.2) is 0 Å². The molecule has 8 heteroatoms. The summed E-state index contributed by atoms with van der Waals surface area (Å²) in [5, 5.41) is 14.7. The quantitative estimate of drug-likeness (QED) is 0.769. The van der Waals surface area contributed by atoms with Crippen LogP contribution in [0.5, 0.6) is 0 Å². The number of nitrogens with zero attached hydrogens (tertiary/aromatic N) is 4. The average Bonchev–Trinajstić information content (AvgIpc) is 3.02. The number of carbonyl (C=O) groups is 1. The second kappa shape index (κ2) is 6.33. The van der Waals surface area contributed by atoms with Crippen molar-refractivity contribution < 1.29 is 4.79 Å². The van der Waals surface area contributed by atoms with E-state index < -0.39 is 0 Å². The number of benzene rings is 1. The van der Waals surface area contributed by atoms with Gasteiger partial charge in [-0.05, 0) is 32.0 Å². The number of amides is 2. The van der Waals surface area contributed by atoms with E-state index in [0.29, 0.717) is 12.2 Å². The van der Waals surface area contributed by atoms with Crippen LogP contribution in [0.1, 0.15) is 15.6 Å². The highest BCUT2D eigenvalue weighted by atomic mass is 32.1. The van der Waals surface area contributed by atoms with Crippen LogP contribution in [-0.2, 0) is 13.5 Å². The number of nitrogens with one attached hydrogen (secondary N) is 2. The van der Waals surface area contributed by atoms with Gasteiger partial charge in [0.2, 0.25) is 0 Å². The fourth-order valence-corrected chi connectivity index (χ4v) is 3.16. The zero-order valence-corrected chi connectivity index (χ0v) is 14.1. The molecule has 7 nitrogen and oxygen atoms in total. The molecule has 23 heavy (non-hydrogen) atoms. The predicted molar refractivity (Wildman–Crippen MR) is 90.8 cm³/mol. The van der Waals surface area contributed by atoms with Crippen LogP contribution in [0, 0.1) is 13.8 Å². The van der Waals surface area contributed by atoms with Gasteiger partial charge in [-0.25, -0.2) is 14.5 Å². The molecule has 0 saturated heterocycles. The van der Waals surface area contributed by atoms with Crippen molar-refractivity contribution in [1.29, 1.82) is 0 Å². The molecule has 0 unspecified atom stereocenters. The number of aryl methyl sites for hydroxylation is 3. The number of carbonyl (C=O) groups excluding carboxylic acids is 1. The lowest BCUT2D eigenvalue weighted by Gasteiger charge is -2.06. The molecule has 0 aliphatic heterocycles. The first-order chi connectivity index (χ1) is 11.0. The van der Waals surface area contributed by atoms with Crippen LogP contribution in [0.4, 0.5) is 10.5 Å². The van der Waals surface area contributed by atoms with Gasteiger partial charge in [-0.3, -0.25) is 0 Å². The highest BCUT2D eigenvalue weighted by Gasteiger charge is 2.07. The van der Waals surface area contributed by atoms with E-state index in [9.17, 15) is 4.79 Å². The minimum absolute atomic E-state index is 0.238. The van der Waals surface area contributed by atoms with Gasteiger partial charge in [0, 0.05) is 30.6 Å². The second-order valence-corrected chi connectivity index (χ2v) is 6.58. The maximum atomic E-state index is 11.9. The smallest absolute Gasteiger partial charge is 0.319 e. The van der Waals surface area contributed by atoms with Crippen molar-refractivity contribution >= 4 is 34.1 Å². The van der Waals surface area contributed by atoms with Crippen LogP contribution in [0.15, 0.2) is 18.2 Å². The van der Waals surface area contributed by atoms with E-state index >= 15 is 0 Å². The Morgan fingerprint density at radius 2 is 2.17 bits per heavy atom. The predicted octanol–water partition coefficient (Wildman–Crippen LogP) is 2.41. The van der Waals surface area contributed by atoms with Gasteiger partial charge >= 0.3 is 6.03 Å². The summed E-state index contributed by atoms with van der Waals surface area (Å²) in [5.74, 6) is 0. The molecule has 3 aromatic rings. The number of hydrogen-bond donors (Lipinski definition) is 2. The number of aromatic nitrogens is 4. The van der Waals surface area contributed by atoms with Gasteiger partial charge in [0.05, 0.1) is 16.2 Å². The van der Waals surface area contributed by atoms with E-state index in [1.54, 1.807) is 22.1 Å². The lowest BCUT2D eigenvalue weighted by atomic mass is 10.3. The van der Waals surface area contributed by atoms with Crippen LogP contribution in [0.25, 0.3) is 11.0 Å². The number of thiazole rings is 1. The first-order valence-electron chi connectivity index (χ1n) is 7.30. The molecular weight excluding hydrogens is 312 g/mol. The van der Waals surface area contributed by atoms with Crippen LogP contribution in [0.2, 0.25) is 0 Å². The molecule has 0 spiro atoms. The largest absolute Gasteiger partial charge is 0.337 e. The molecule has 0 atom stereocenters. The number of hydrogen-bond acceptors (Lipinski definition) is 5. The minimum Gasteiger partial charge on any atom is -0.337 e. The molecule has 0 aliphatic carbocycles. The number of urea groups is 1. The zero-order chi connectivity index (χ0) is 16.4. The summed E-state index contributed by atoms with van der Waals surface area (Å²) >= 11 is 1.67. The second-order valence-electron chi connectivity index (χ2n) is 5.30. The lowest BCUT2D eigenvalue weighted by Crippen LogP contribution is -2.30. The summed E-state index contributed by atoms with van der Waals surface area (Å²) in [4.78, 5) is 17.6. The molecule has 2 amide bonds. The summed E-state index contributed by atoms with van der Waals surface area (Å²) in [6.07, 6.45) is 0.732. The van der Waals surface area contributed by atoms with Crippen molar-refractivity contribution in [2.24, 2.45) is 7.05 Å². The van der Waals surface area contributed by atoms with E-state index in [1.807, 2.05) is 26.1 Å². The van der Waals surface area contributed by atoms with E-state index in [4.69, 9.17) is 0 Å². The molecule has 0 bridgehead atoms. The molecule has 1 aromatic carbocycles. The molecule has 3 rings (SSSR count). The Bertz CT molecular complexity index is 833. The molecule has 0 fully saturated rings. The Morgan fingerprint density at radius 1 is 1.35 bits per heavy atom. The van der Waals surface area contributed by atoms with Crippen molar-refractivity contribution in [2.45, 2.75) is 20.3 Å². The first kappa shape index (κ1) is 15.4. The van der Waals surface area contributed by atoms with Gasteiger partial charge in [-0.15, -0.1) is 16.4 Å². The molecule has 2 heterocycles. The summed E-state index contributed by atoms with van der Waals surface area (Å²) < 4.78 is 1.69. The Labute approximate surface area is 137 Å². The topological polar surface area (TPSA) is 84.7 Å². The van der Waals surface area contributed by atoms with E-state index in [1.165, 1.54) is 4.88 Å². The Balaban J connectivity index is 1.53. The summed E-state index contributed by atoms with van der Waals surface area (Å²) in [6, 6.07) is 5.28. The zero-order valence-electron chi connectivity index (χ0n) is 13.3. The lowest BCUT2D eigenvalue weighted by molar-refractivity contribution is 0.252. The van der Waals surface area contributed by atoms with Crippen molar-refractivity contribution in [1.82, 2.24) is 25.3 Å². The standard InChI is InChI=1S/C15H18N6OS/c1-9-10(2)23-14(17-9)6-7-16-15(22)18-11-4-5-13-12(8-11)19-20-21(13)3/h4-5,8H,6-7H2,1-3H3,(H2,16,18,22). The van der Waals surface area contributed by atoms with Crippen molar-refractivity contribution in [3.63, 3.8) is 0 Å². The highest BCUT2D eigenvalue weighted by Crippen LogP contribution is 2.17. The maximum absolute atomic E-state index is 11.9.